The van der Waals surface area contributed by atoms with E-state index in [0.29, 0.717) is 5.82 Å². The van der Waals surface area contributed by atoms with Crippen molar-refractivity contribution in [2.24, 2.45) is 5.92 Å². The van der Waals surface area contributed by atoms with Gasteiger partial charge in [-0.2, -0.15) is 0 Å². The number of hydrogen-bond donors (Lipinski definition) is 1. The van der Waals surface area contributed by atoms with E-state index < -0.39 is 0 Å². The Bertz CT molecular complexity index is 231. The maximum Gasteiger partial charge on any atom is 0.228 e. The molecule has 0 fully saturated rings. The lowest BCUT2D eigenvalue weighted by molar-refractivity contribution is -0.118. The highest BCUT2D eigenvalue weighted by Crippen LogP contribution is 2.07. The normalized spacial score (nSPS) is 10.1. The van der Waals surface area contributed by atoms with Crippen LogP contribution in [0.15, 0.2) is 10.9 Å². The van der Waals surface area contributed by atoms with Crippen LogP contribution in [0.2, 0.25) is 0 Å². The number of rotatable bonds is 2. The molecule has 0 aliphatic heterocycles. The van der Waals surface area contributed by atoms with Gasteiger partial charge in [0.2, 0.25) is 5.91 Å². The van der Waals surface area contributed by atoms with Crippen molar-refractivity contribution in [3.05, 3.63) is 10.9 Å². The molecule has 0 aliphatic rings. The SMILES string of the molecule is CC(C)C(=O)Nc1cscn1. The van der Waals surface area contributed by atoms with Crippen molar-refractivity contribution in [2.45, 2.75) is 13.8 Å². The summed E-state index contributed by atoms with van der Waals surface area (Å²) in [4.78, 5) is 15.0. The molecule has 0 saturated carbocycles. The Morgan fingerprint density at radius 2 is 2.45 bits per heavy atom. The van der Waals surface area contributed by atoms with Gasteiger partial charge in [0.05, 0.1) is 5.51 Å². The van der Waals surface area contributed by atoms with Crippen LogP contribution in [0.1, 0.15) is 13.8 Å². The molecule has 1 rings (SSSR count). The van der Waals surface area contributed by atoms with E-state index in [1.807, 2.05) is 13.8 Å². The first kappa shape index (κ1) is 8.20. The second-order valence-electron chi connectivity index (χ2n) is 2.52. The van der Waals surface area contributed by atoms with Gasteiger partial charge in [-0.1, -0.05) is 13.8 Å². The Morgan fingerprint density at radius 1 is 1.73 bits per heavy atom. The number of nitrogens with zero attached hydrogens (tertiary/aromatic N) is 1. The second-order valence-corrected chi connectivity index (χ2v) is 3.24. The third-order valence-corrected chi connectivity index (χ3v) is 1.79. The lowest BCUT2D eigenvalue weighted by Gasteiger charge is -2.02. The summed E-state index contributed by atoms with van der Waals surface area (Å²) < 4.78 is 0. The molecule has 0 bridgehead atoms. The average molecular weight is 170 g/mol. The van der Waals surface area contributed by atoms with Crippen molar-refractivity contribution in [1.29, 1.82) is 0 Å². The van der Waals surface area contributed by atoms with Crippen LogP contribution in [0, 0.1) is 5.92 Å². The average Bonchev–Trinajstić information content (AvgIpc) is 2.39. The van der Waals surface area contributed by atoms with Gasteiger partial charge in [0.25, 0.3) is 0 Å². The van der Waals surface area contributed by atoms with E-state index in [1.54, 1.807) is 10.9 Å². The number of hydrogen-bond acceptors (Lipinski definition) is 3. The molecular formula is C7H10N2OS. The molecule has 0 radical (unpaired) electrons. The summed E-state index contributed by atoms with van der Waals surface area (Å²) >= 11 is 1.47. The van der Waals surface area contributed by atoms with E-state index >= 15 is 0 Å². The Morgan fingerprint density at radius 3 is 2.91 bits per heavy atom. The first-order chi connectivity index (χ1) is 5.20. The second kappa shape index (κ2) is 3.48. The zero-order valence-electron chi connectivity index (χ0n) is 6.50. The molecular weight excluding hydrogens is 160 g/mol. The molecule has 1 N–H and O–H groups in total. The number of aromatic nitrogens is 1. The van der Waals surface area contributed by atoms with Crippen molar-refractivity contribution < 1.29 is 4.79 Å². The summed E-state index contributed by atoms with van der Waals surface area (Å²) in [6.07, 6.45) is 0. The zero-order valence-corrected chi connectivity index (χ0v) is 7.31. The van der Waals surface area contributed by atoms with Gasteiger partial charge in [0.1, 0.15) is 5.82 Å². The van der Waals surface area contributed by atoms with Crippen molar-refractivity contribution in [3.8, 4) is 0 Å². The third-order valence-electron chi connectivity index (χ3n) is 1.21. The van der Waals surface area contributed by atoms with Crippen molar-refractivity contribution in [3.63, 3.8) is 0 Å². The van der Waals surface area contributed by atoms with E-state index in [1.165, 1.54) is 11.3 Å². The van der Waals surface area contributed by atoms with Crippen molar-refractivity contribution >= 4 is 23.1 Å². The number of nitrogens with one attached hydrogen (secondary N) is 1. The molecule has 1 heterocycles. The predicted octanol–water partition coefficient (Wildman–Crippen LogP) is 1.74. The van der Waals surface area contributed by atoms with Crippen LogP contribution in [0.4, 0.5) is 5.82 Å². The van der Waals surface area contributed by atoms with E-state index in [-0.39, 0.29) is 11.8 Å². The maximum absolute atomic E-state index is 11.1. The lowest BCUT2D eigenvalue weighted by Crippen LogP contribution is -2.17. The molecule has 60 valence electrons. The molecule has 11 heavy (non-hydrogen) atoms. The Kier molecular flexibility index (Phi) is 2.59. The molecule has 3 nitrogen and oxygen atoms in total. The summed E-state index contributed by atoms with van der Waals surface area (Å²) in [6.45, 7) is 3.70. The molecule has 0 spiro atoms. The number of carbonyl (C=O) groups excluding carboxylic acids is 1. The molecule has 0 unspecified atom stereocenters. The minimum Gasteiger partial charge on any atom is -0.310 e. The van der Waals surface area contributed by atoms with Crippen LogP contribution in [0.5, 0.6) is 0 Å². The first-order valence-corrected chi connectivity index (χ1v) is 4.33. The topological polar surface area (TPSA) is 42.0 Å². The van der Waals surface area contributed by atoms with Crippen LogP contribution >= 0.6 is 11.3 Å². The summed E-state index contributed by atoms with van der Waals surface area (Å²) in [6, 6.07) is 0. The van der Waals surface area contributed by atoms with Gasteiger partial charge in [-0.25, -0.2) is 4.98 Å². The number of anilines is 1. The van der Waals surface area contributed by atoms with Crippen LogP contribution in [-0.2, 0) is 4.79 Å². The fourth-order valence-electron chi connectivity index (χ4n) is 0.545. The Balaban J connectivity index is 2.50. The Labute approximate surface area is 69.5 Å². The van der Waals surface area contributed by atoms with Crippen LogP contribution in [0.25, 0.3) is 0 Å². The standard InChI is InChI=1S/C7H10N2OS/c1-5(2)7(10)9-6-3-11-4-8-6/h3-5H,1-2H3,(H,9,10). The third kappa shape index (κ3) is 2.31. The van der Waals surface area contributed by atoms with Gasteiger partial charge in [-0.05, 0) is 0 Å². The van der Waals surface area contributed by atoms with Crippen molar-refractivity contribution in [2.75, 3.05) is 5.32 Å². The molecule has 0 saturated heterocycles. The van der Waals surface area contributed by atoms with Crippen LogP contribution < -0.4 is 5.32 Å². The quantitative estimate of drug-likeness (QED) is 0.734. The summed E-state index contributed by atoms with van der Waals surface area (Å²) in [5, 5.41) is 4.49. The van der Waals surface area contributed by atoms with Gasteiger partial charge in [-0.15, -0.1) is 11.3 Å². The highest BCUT2D eigenvalue weighted by molar-refractivity contribution is 7.07. The van der Waals surface area contributed by atoms with E-state index in [2.05, 4.69) is 10.3 Å². The minimum atomic E-state index is 0.0101. The molecule has 0 atom stereocenters. The number of carbonyl (C=O) groups is 1. The molecule has 0 aliphatic carbocycles. The minimum absolute atomic E-state index is 0.0101. The van der Waals surface area contributed by atoms with E-state index in [4.69, 9.17) is 0 Å². The van der Waals surface area contributed by atoms with Gasteiger partial charge in [0, 0.05) is 11.3 Å². The van der Waals surface area contributed by atoms with Crippen LogP contribution in [-0.4, -0.2) is 10.9 Å². The monoisotopic (exact) mass is 170 g/mol. The molecule has 1 amide bonds. The maximum atomic E-state index is 11.1. The molecule has 1 aromatic rings. The van der Waals surface area contributed by atoms with Crippen LogP contribution in [0.3, 0.4) is 0 Å². The van der Waals surface area contributed by atoms with E-state index in [9.17, 15) is 4.79 Å². The molecule has 4 heteroatoms. The van der Waals surface area contributed by atoms with Gasteiger partial charge in [0.15, 0.2) is 0 Å². The first-order valence-electron chi connectivity index (χ1n) is 3.39. The highest BCUT2D eigenvalue weighted by Gasteiger charge is 2.06. The van der Waals surface area contributed by atoms with Crippen molar-refractivity contribution in [1.82, 2.24) is 4.98 Å². The molecule has 1 aromatic heterocycles. The molecule has 0 aromatic carbocycles. The number of thiazole rings is 1. The smallest absolute Gasteiger partial charge is 0.228 e. The number of amides is 1. The van der Waals surface area contributed by atoms with E-state index in [0.717, 1.165) is 0 Å². The van der Waals surface area contributed by atoms with Gasteiger partial charge < -0.3 is 5.32 Å². The largest absolute Gasteiger partial charge is 0.310 e. The highest BCUT2D eigenvalue weighted by atomic mass is 32.1. The zero-order chi connectivity index (χ0) is 8.27. The summed E-state index contributed by atoms with van der Waals surface area (Å²) in [5.74, 6) is 0.668. The lowest BCUT2D eigenvalue weighted by atomic mass is 10.2. The fourth-order valence-corrected chi connectivity index (χ4v) is 1.03. The van der Waals surface area contributed by atoms with Gasteiger partial charge >= 0.3 is 0 Å². The predicted molar refractivity (Wildman–Crippen MR) is 45.6 cm³/mol. The Hall–Kier alpha value is -0.900. The fraction of sp³-hybridized carbons (Fsp3) is 0.429. The summed E-state index contributed by atoms with van der Waals surface area (Å²) in [5.41, 5.74) is 1.69. The summed E-state index contributed by atoms with van der Waals surface area (Å²) in [7, 11) is 0. The van der Waals surface area contributed by atoms with Gasteiger partial charge in [-0.3, -0.25) is 4.79 Å².